The van der Waals surface area contributed by atoms with Crippen LogP contribution in [0.3, 0.4) is 0 Å². The van der Waals surface area contributed by atoms with Crippen molar-refractivity contribution in [2.24, 2.45) is 15.6 Å². The number of rotatable bonds is 7. The molecule has 0 radical (unpaired) electrons. The van der Waals surface area contributed by atoms with Crippen molar-refractivity contribution >= 4 is 18.7 Å². The van der Waals surface area contributed by atoms with Gasteiger partial charge in [-0.3, -0.25) is 0 Å². The molecule has 0 aliphatic heterocycles. The Morgan fingerprint density at radius 2 is 1.30 bits per heavy atom. The van der Waals surface area contributed by atoms with Gasteiger partial charge >= 0.3 is 0 Å². The highest BCUT2D eigenvalue weighted by Crippen LogP contribution is 2.38. The minimum atomic E-state index is -2.50. The molecule has 3 nitrogen and oxygen atoms in total. The van der Waals surface area contributed by atoms with Crippen molar-refractivity contribution in [3.05, 3.63) is 60.7 Å². The van der Waals surface area contributed by atoms with Crippen LogP contribution in [-0.4, -0.2) is 28.0 Å². The van der Waals surface area contributed by atoms with E-state index < -0.39 is 8.32 Å². The van der Waals surface area contributed by atoms with Crippen molar-refractivity contribution in [1.82, 2.24) is 0 Å². The Morgan fingerprint density at radius 3 is 1.67 bits per heavy atom. The van der Waals surface area contributed by atoms with Gasteiger partial charge in [-0.25, -0.2) is 0 Å². The van der Waals surface area contributed by atoms with Gasteiger partial charge in [0, 0.05) is 19.1 Å². The molecule has 2 aromatic carbocycles. The molecule has 0 aliphatic carbocycles. The average Bonchev–Trinajstić information content (AvgIpc) is 2.63. The Labute approximate surface area is 166 Å². The van der Waals surface area contributed by atoms with Gasteiger partial charge in [0.05, 0.1) is 6.04 Å². The molecule has 146 valence electrons. The number of azo groups is 1. The van der Waals surface area contributed by atoms with Crippen molar-refractivity contribution < 1.29 is 4.43 Å². The molecule has 0 bridgehead atoms. The lowest BCUT2D eigenvalue weighted by Gasteiger charge is -2.45. The summed E-state index contributed by atoms with van der Waals surface area (Å²) in [5.41, 5.74) is -0.105. The highest BCUT2D eigenvalue weighted by Gasteiger charge is 2.51. The van der Waals surface area contributed by atoms with E-state index in [2.05, 4.69) is 112 Å². The summed E-state index contributed by atoms with van der Waals surface area (Å²) in [5, 5.41) is 11.0. The van der Waals surface area contributed by atoms with E-state index in [4.69, 9.17) is 4.43 Å². The Kier molecular flexibility index (Phi) is 6.76. The third-order valence-electron chi connectivity index (χ3n) is 5.50. The van der Waals surface area contributed by atoms with Gasteiger partial charge in [0.15, 0.2) is 0 Å². The zero-order valence-electron chi connectivity index (χ0n) is 17.9. The average molecular weight is 383 g/mol. The van der Waals surface area contributed by atoms with E-state index in [1.54, 1.807) is 7.05 Å². The van der Waals surface area contributed by atoms with Gasteiger partial charge in [-0.2, -0.15) is 10.2 Å². The maximum atomic E-state index is 7.04. The van der Waals surface area contributed by atoms with Gasteiger partial charge in [-0.15, -0.1) is 0 Å². The normalized spacial score (nSPS) is 14.5. The summed E-state index contributed by atoms with van der Waals surface area (Å²) in [5.74, 6) is 0. The van der Waals surface area contributed by atoms with Gasteiger partial charge in [-0.1, -0.05) is 95.3 Å². The van der Waals surface area contributed by atoms with E-state index in [0.29, 0.717) is 6.61 Å². The largest absolute Gasteiger partial charge is 0.407 e. The van der Waals surface area contributed by atoms with E-state index in [-0.39, 0.29) is 16.5 Å². The standard InChI is InChI=1S/C23H34N2OSi/c1-19(25-24-7)23(5,6)18-26-27(22(2,3)4,20-14-10-8-11-15-20)21-16-12-9-13-17-21/h8-17,19H,18H2,1-7H3. The molecule has 1 atom stereocenters. The predicted molar refractivity (Wildman–Crippen MR) is 118 cm³/mol. The van der Waals surface area contributed by atoms with E-state index in [1.807, 2.05) is 0 Å². The fourth-order valence-electron chi connectivity index (χ4n) is 3.51. The third kappa shape index (κ3) is 4.56. The van der Waals surface area contributed by atoms with E-state index >= 15 is 0 Å². The van der Waals surface area contributed by atoms with Gasteiger partial charge < -0.3 is 4.43 Å². The zero-order chi connectivity index (χ0) is 20.1. The number of benzene rings is 2. The molecule has 0 aliphatic rings. The van der Waals surface area contributed by atoms with Crippen molar-refractivity contribution in [2.45, 2.75) is 52.6 Å². The molecule has 4 heteroatoms. The van der Waals surface area contributed by atoms with Crippen molar-refractivity contribution in [2.75, 3.05) is 13.7 Å². The summed E-state index contributed by atoms with van der Waals surface area (Å²) in [7, 11) is -0.768. The Hall–Kier alpha value is -1.78. The summed E-state index contributed by atoms with van der Waals surface area (Å²) in [6, 6.07) is 21.6. The minimum Gasteiger partial charge on any atom is -0.407 e. The molecular formula is C23H34N2OSi. The number of nitrogens with zero attached hydrogens (tertiary/aromatic N) is 2. The van der Waals surface area contributed by atoms with Crippen molar-refractivity contribution in [1.29, 1.82) is 0 Å². The first kappa shape index (κ1) is 21.5. The lowest BCUT2D eigenvalue weighted by Crippen LogP contribution is -2.67. The minimum absolute atomic E-state index is 0.0126. The van der Waals surface area contributed by atoms with Crippen LogP contribution >= 0.6 is 0 Å². The van der Waals surface area contributed by atoms with Gasteiger partial charge in [0.1, 0.15) is 0 Å². The Balaban J connectivity index is 2.56. The SMILES string of the molecule is CN=NC(C)C(C)(C)CO[Si](c1ccccc1)(c1ccccc1)C(C)(C)C. The molecule has 0 N–H and O–H groups in total. The van der Waals surface area contributed by atoms with Crippen LogP contribution in [0.2, 0.25) is 5.04 Å². The molecule has 0 heterocycles. The summed E-state index contributed by atoms with van der Waals surface area (Å²) < 4.78 is 7.04. The summed E-state index contributed by atoms with van der Waals surface area (Å²) in [4.78, 5) is 0. The predicted octanol–water partition coefficient (Wildman–Crippen LogP) is 5.06. The second-order valence-corrected chi connectivity index (χ2v) is 13.2. The number of hydrogen-bond donors (Lipinski definition) is 0. The monoisotopic (exact) mass is 382 g/mol. The fourth-order valence-corrected chi connectivity index (χ4v) is 8.25. The van der Waals surface area contributed by atoms with Crippen LogP contribution in [0.4, 0.5) is 0 Å². The van der Waals surface area contributed by atoms with E-state index in [0.717, 1.165) is 0 Å². The highest BCUT2D eigenvalue weighted by molar-refractivity contribution is 6.99. The van der Waals surface area contributed by atoms with Crippen LogP contribution in [0, 0.1) is 5.41 Å². The maximum absolute atomic E-state index is 7.04. The van der Waals surface area contributed by atoms with Crippen LogP contribution < -0.4 is 10.4 Å². The molecule has 2 rings (SSSR count). The molecule has 0 fully saturated rings. The van der Waals surface area contributed by atoms with Crippen LogP contribution in [0.1, 0.15) is 41.5 Å². The van der Waals surface area contributed by atoms with E-state index in [9.17, 15) is 0 Å². The molecule has 0 spiro atoms. The molecule has 0 saturated carbocycles. The molecule has 0 amide bonds. The zero-order valence-corrected chi connectivity index (χ0v) is 18.9. The smallest absolute Gasteiger partial charge is 0.261 e. The quantitative estimate of drug-likeness (QED) is 0.487. The summed E-state index contributed by atoms with van der Waals surface area (Å²) >= 11 is 0. The molecule has 27 heavy (non-hydrogen) atoms. The van der Waals surface area contributed by atoms with Gasteiger partial charge in [0.2, 0.25) is 0 Å². The molecule has 0 aromatic heterocycles. The first-order valence-corrected chi connectivity index (χ1v) is 11.6. The number of hydrogen-bond acceptors (Lipinski definition) is 3. The molecule has 2 aromatic rings. The Bertz CT molecular complexity index is 696. The van der Waals surface area contributed by atoms with Crippen LogP contribution in [0.25, 0.3) is 0 Å². The fraction of sp³-hybridized carbons (Fsp3) is 0.478. The van der Waals surface area contributed by atoms with Crippen LogP contribution in [-0.2, 0) is 4.43 Å². The second kappa shape index (κ2) is 8.49. The summed E-state index contributed by atoms with van der Waals surface area (Å²) in [6.07, 6.45) is 0. The Morgan fingerprint density at radius 1 is 0.852 bits per heavy atom. The topological polar surface area (TPSA) is 34.0 Å². The first-order chi connectivity index (χ1) is 12.6. The molecule has 1 unspecified atom stereocenters. The lowest BCUT2D eigenvalue weighted by atomic mass is 9.87. The van der Waals surface area contributed by atoms with Crippen LogP contribution in [0.5, 0.6) is 0 Å². The van der Waals surface area contributed by atoms with Gasteiger partial charge in [0.25, 0.3) is 8.32 Å². The lowest BCUT2D eigenvalue weighted by molar-refractivity contribution is 0.146. The van der Waals surface area contributed by atoms with E-state index in [1.165, 1.54) is 10.4 Å². The first-order valence-electron chi connectivity index (χ1n) is 9.69. The van der Waals surface area contributed by atoms with Gasteiger partial charge in [-0.05, 0) is 22.3 Å². The van der Waals surface area contributed by atoms with Crippen molar-refractivity contribution in [3.63, 3.8) is 0 Å². The second-order valence-electron chi connectivity index (χ2n) is 8.93. The summed E-state index contributed by atoms with van der Waals surface area (Å²) in [6.45, 7) is 14.1. The van der Waals surface area contributed by atoms with Crippen molar-refractivity contribution in [3.8, 4) is 0 Å². The molecule has 0 saturated heterocycles. The van der Waals surface area contributed by atoms with Crippen LogP contribution in [0.15, 0.2) is 70.9 Å². The highest BCUT2D eigenvalue weighted by atomic mass is 28.4. The maximum Gasteiger partial charge on any atom is 0.261 e. The third-order valence-corrected chi connectivity index (χ3v) is 10.5. The molecular weight excluding hydrogens is 348 g/mol.